The molecule has 0 radical (unpaired) electrons. The molecule has 4 unspecified atom stereocenters. The number of aliphatic carboxylic acids is 2. The van der Waals surface area contributed by atoms with Crippen LogP contribution < -0.4 is 27.4 Å². The molecule has 4 atom stereocenters. The Morgan fingerprint density at radius 2 is 1.43 bits per heavy atom. The fraction of sp³-hybridized carbons (Fsp3) is 0.500. The molecule has 0 heterocycles. The Kier molecular flexibility index (Phi) is 13.4. The fourth-order valence-corrected chi connectivity index (χ4v) is 3.36. The molecule has 0 bridgehead atoms. The van der Waals surface area contributed by atoms with Crippen LogP contribution in [-0.2, 0) is 30.4 Å². The second-order valence-corrected chi connectivity index (χ2v) is 8.25. The van der Waals surface area contributed by atoms with Gasteiger partial charge in [0, 0.05) is 12.2 Å². The summed E-state index contributed by atoms with van der Waals surface area (Å²) in [6.45, 7) is 0.366. The minimum absolute atomic E-state index is 0.0454. The van der Waals surface area contributed by atoms with Crippen molar-refractivity contribution < 1.29 is 34.2 Å². The molecule has 9 N–H and O–H groups in total. The molecular formula is C22H33N5O7S. The quantitative estimate of drug-likeness (QED) is 0.0969. The highest BCUT2D eigenvalue weighted by molar-refractivity contribution is 7.80. The van der Waals surface area contributed by atoms with E-state index in [4.69, 9.17) is 16.6 Å². The molecule has 0 spiro atoms. The molecule has 194 valence electrons. The lowest BCUT2D eigenvalue weighted by atomic mass is 10.0. The Bertz CT molecular complexity index is 871. The fourth-order valence-electron chi connectivity index (χ4n) is 3.11. The number of carbonyl (C=O) groups is 5. The summed E-state index contributed by atoms with van der Waals surface area (Å²) < 4.78 is 0. The first-order valence-electron chi connectivity index (χ1n) is 11.0. The van der Waals surface area contributed by atoms with Crippen LogP contribution in [0.15, 0.2) is 30.3 Å². The van der Waals surface area contributed by atoms with E-state index in [1.165, 1.54) is 0 Å². The van der Waals surface area contributed by atoms with Gasteiger partial charge < -0.3 is 37.6 Å². The standard InChI is InChI=1S/C22H33N5O7S/c23-9-5-4-8-15(20(31)27-17(12-35)22(33)34)25-21(32)16(10-13-6-2-1-3-7-13)26-19(30)14(24)11-18(28)29/h1-3,6-7,14-17,35H,4-5,8-12,23-24H2,(H,25,32)(H,26,30)(H,27,31)(H,28,29)(H,33,34). The average molecular weight is 512 g/mol. The van der Waals surface area contributed by atoms with Crippen LogP contribution in [0.1, 0.15) is 31.2 Å². The van der Waals surface area contributed by atoms with Crippen molar-refractivity contribution in [2.24, 2.45) is 11.5 Å². The number of benzene rings is 1. The van der Waals surface area contributed by atoms with Crippen molar-refractivity contribution in [3.05, 3.63) is 35.9 Å². The van der Waals surface area contributed by atoms with Crippen molar-refractivity contribution in [1.82, 2.24) is 16.0 Å². The van der Waals surface area contributed by atoms with Crippen LogP contribution in [0.25, 0.3) is 0 Å². The lowest BCUT2D eigenvalue weighted by molar-refractivity contribution is -0.141. The van der Waals surface area contributed by atoms with Gasteiger partial charge in [0.15, 0.2) is 0 Å². The van der Waals surface area contributed by atoms with Crippen LogP contribution in [-0.4, -0.2) is 76.3 Å². The summed E-state index contributed by atoms with van der Waals surface area (Å²) in [5.74, 6) is -4.97. The summed E-state index contributed by atoms with van der Waals surface area (Å²) in [5.41, 5.74) is 11.8. The Labute approximate surface area is 208 Å². The number of nitrogens with one attached hydrogen (secondary N) is 3. The van der Waals surface area contributed by atoms with Gasteiger partial charge in [0.25, 0.3) is 0 Å². The Morgan fingerprint density at radius 3 is 1.97 bits per heavy atom. The number of amides is 3. The van der Waals surface area contributed by atoms with E-state index in [1.807, 2.05) is 0 Å². The van der Waals surface area contributed by atoms with Crippen LogP contribution in [0.5, 0.6) is 0 Å². The van der Waals surface area contributed by atoms with Gasteiger partial charge >= 0.3 is 11.9 Å². The van der Waals surface area contributed by atoms with Crippen LogP contribution in [0, 0.1) is 0 Å². The summed E-state index contributed by atoms with van der Waals surface area (Å²) in [7, 11) is 0. The third-order valence-electron chi connectivity index (χ3n) is 5.02. The van der Waals surface area contributed by atoms with Crippen LogP contribution >= 0.6 is 12.6 Å². The predicted octanol–water partition coefficient (Wildman–Crippen LogP) is -1.37. The van der Waals surface area contributed by atoms with Gasteiger partial charge in [-0.2, -0.15) is 12.6 Å². The van der Waals surface area contributed by atoms with E-state index in [-0.39, 0.29) is 18.6 Å². The molecule has 0 fully saturated rings. The molecule has 0 saturated heterocycles. The van der Waals surface area contributed by atoms with Crippen molar-refractivity contribution in [3.63, 3.8) is 0 Å². The minimum Gasteiger partial charge on any atom is -0.481 e. The molecule has 0 aliphatic rings. The first-order valence-corrected chi connectivity index (χ1v) is 11.7. The second-order valence-electron chi connectivity index (χ2n) is 7.88. The predicted molar refractivity (Wildman–Crippen MR) is 131 cm³/mol. The largest absolute Gasteiger partial charge is 0.481 e. The van der Waals surface area contributed by atoms with E-state index in [1.54, 1.807) is 30.3 Å². The van der Waals surface area contributed by atoms with Gasteiger partial charge in [-0.05, 0) is 31.4 Å². The van der Waals surface area contributed by atoms with Crippen molar-refractivity contribution in [2.75, 3.05) is 12.3 Å². The lowest BCUT2D eigenvalue weighted by Gasteiger charge is -2.25. The van der Waals surface area contributed by atoms with Gasteiger partial charge in [0.1, 0.15) is 18.1 Å². The Balaban J connectivity index is 3.07. The van der Waals surface area contributed by atoms with E-state index in [0.717, 1.165) is 0 Å². The summed E-state index contributed by atoms with van der Waals surface area (Å²) in [4.78, 5) is 60.5. The molecule has 3 amide bonds. The monoisotopic (exact) mass is 511 g/mol. The van der Waals surface area contributed by atoms with Gasteiger partial charge in [-0.1, -0.05) is 30.3 Å². The number of thiol groups is 1. The molecular weight excluding hydrogens is 478 g/mol. The van der Waals surface area contributed by atoms with Gasteiger partial charge in [0.05, 0.1) is 12.5 Å². The molecule has 13 heteroatoms. The van der Waals surface area contributed by atoms with Gasteiger partial charge in [-0.3, -0.25) is 19.2 Å². The summed E-state index contributed by atoms with van der Waals surface area (Å²) in [6, 6.07) is 3.83. The van der Waals surface area contributed by atoms with Gasteiger partial charge in [0.2, 0.25) is 17.7 Å². The van der Waals surface area contributed by atoms with Crippen molar-refractivity contribution in [2.45, 2.75) is 56.3 Å². The zero-order valence-electron chi connectivity index (χ0n) is 19.2. The highest BCUT2D eigenvalue weighted by Gasteiger charge is 2.30. The summed E-state index contributed by atoms with van der Waals surface area (Å²) in [5, 5.41) is 25.4. The van der Waals surface area contributed by atoms with E-state index in [9.17, 15) is 29.1 Å². The summed E-state index contributed by atoms with van der Waals surface area (Å²) in [6.07, 6.45) is 0.646. The third kappa shape index (κ3) is 11.2. The number of carboxylic acids is 2. The number of carbonyl (C=O) groups excluding carboxylic acids is 3. The normalized spacial score (nSPS) is 14.1. The average Bonchev–Trinajstić information content (AvgIpc) is 2.81. The Hall–Kier alpha value is -3.16. The number of nitrogens with two attached hydrogens (primary N) is 2. The Morgan fingerprint density at radius 1 is 0.857 bits per heavy atom. The number of unbranched alkanes of at least 4 members (excludes halogenated alkanes) is 1. The maximum Gasteiger partial charge on any atom is 0.327 e. The number of rotatable bonds is 16. The molecule has 0 aliphatic carbocycles. The highest BCUT2D eigenvalue weighted by Crippen LogP contribution is 2.07. The first kappa shape index (κ1) is 29.9. The maximum absolute atomic E-state index is 13.1. The molecule has 1 rings (SSSR count). The van der Waals surface area contributed by atoms with Crippen molar-refractivity contribution in [1.29, 1.82) is 0 Å². The first-order chi connectivity index (χ1) is 16.6. The topological polar surface area (TPSA) is 214 Å². The van der Waals surface area contributed by atoms with Crippen LogP contribution in [0.2, 0.25) is 0 Å². The lowest BCUT2D eigenvalue weighted by Crippen LogP contribution is -2.58. The maximum atomic E-state index is 13.1. The van der Waals surface area contributed by atoms with Crippen molar-refractivity contribution >= 4 is 42.3 Å². The smallest absolute Gasteiger partial charge is 0.327 e. The molecule has 35 heavy (non-hydrogen) atoms. The number of hydrogen-bond donors (Lipinski definition) is 8. The van der Waals surface area contributed by atoms with Crippen LogP contribution in [0.3, 0.4) is 0 Å². The molecule has 0 aromatic heterocycles. The van der Waals surface area contributed by atoms with Gasteiger partial charge in [-0.25, -0.2) is 4.79 Å². The highest BCUT2D eigenvalue weighted by atomic mass is 32.1. The molecule has 0 aliphatic heterocycles. The minimum atomic E-state index is -1.38. The van der Waals surface area contributed by atoms with E-state index >= 15 is 0 Å². The second kappa shape index (κ2) is 15.7. The molecule has 1 aromatic carbocycles. The zero-order valence-corrected chi connectivity index (χ0v) is 20.1. The van der Waals surface area contributed by atoms with Crippen LogP contribution in [0.4, 0.5) is 0 Å². The zero-order chi connectivity index (χ0) is 26.4. The molecule has 12 nitrogen and oxygen atoms in total. The molecule has 0 saturated carbocycles. The third-order valence-corrected chi connectivity index (χ3v) is 5.39. The number of carboxylic acid groups (broad SMARTS) is 2. The van der Waals surface area contributed by atoms with Gasteiger partial charge in [-0.15, -0.1) is 0 Å². The SMILES string of the molecule is NCCCCC(NC(=O)C(Cc1ccccc1)NC(=O)C(N)CC(=O)O)C(=O)NC(CS)C(=O)O. The number of hydrogen-bond acceptors (Lipinski definition) is 8. The van der Waals surface area contributed by atoms with E-state index in [2.05, 4.69) is 28.6 Å². The summed E-state index contributed by atoms with van der Waals surface area (Å²) >= 11 is 3.92. The van der Waals surface area contributed by atoms with E-state index in [0.29, 0.717) is 24.9 Å². The van der Waals surface area contributed by atoms with E-state index < -0.39 is 60.2 Å². The van der Waals surface area contributed by atoms with Crippen molar-refractivity contribution in [3.8, 4) is 0 Å². The molecule has 1 aromatic rings.